The minimum absolute atomic E-state index is 0.100. The highest BCUT2D eigenvalue weighted by Gasteiger charge is 2.24. The van der Waals surface area contributed by atoms with Gasteiger partial charge in [0, 0.05) is 12.4 Å². The minimum Gasteiger partial charge on any atom is -0.478 e. The van der Waals surface area contributed by atoms with E-state index in [1.54, 1.807) is 18.2 Å². The van der Waals surface area contributed by atoms with Crippen LogP contribution in [0.4, 0.5) is 0 Å². The van der Waals surface area contributed by atoms with E-state index in [4.69, 9.17) is 5.11 Å². The number of nitrogens with zero attached hydrogens (tertiary/aromatic N) is 2. The van der Waals surface area contributed by atoms with Gasteiger partial charge in [-0.1, -0.05) is 18.2 Å². The molecule has 2 rings (SSSR count). The number of hydrogen-bond donors (Lipinski definition) is 1. The number of rotatable bonds is 3. The maximum absolute atomic E-state index is 12.2. The zero-order valence-corrected chi connectivity index (χ0v) is 10.0. The lowest BCUT2D eigenvalue weighted by Gasteiger charge is -2.21. The predicted molar refractivity (Wildman–Crippen MR) is 64.5 cm³/mol. The Morgan fingerprint density at radius 1 is 1.28 bits per heavy atom. The van der Waals surface area contributed by atoms with Crippen molar-refractivity contribution in [3.63, 3.8) is 0 Å². The third kappa shape index (κ3) is 2.25. The Bertz CT molecular complexity index is 620. The van der Waals surface area contributed by atoms with Gasteiger partial charge in [-0.2, -0.15) is 0 Å². The quantitative estimate of drug-likeness (QED) is 0.871. The van der Waals surface area contributed by atoms with Crippen molar-refractivity contribution in [2.45, 2.75) is 4.90 Å². The molecule has 0 fully saturated rings. The Morgan fingerprint density at radius 2 is 1.94 bits per heavy atom. The van der Waals surface area contributed by atoms with E-state index >= 15 is 0 Å². The molecule has 0 radical (unpaired) electrons. The van der Waals surface area contributed by atoms with Gasteiger partial charge in [0.1, 0.15) is 6.67 Å². The maximum Gasteiger partial charge on any atom is 0.338 e. The average Bonchev–Trinajstić information content (AvgIpc) is 2.40. The first-order valence-corrected chi connectivity index (χ1v) is 6.47. The SMILES string of the molecule is O=C(O)C1=CN(S(=O)(=O)c2ccccc2)CN=C1. The number of aliphatic carboxylic acids is 1. The van der Waals surface area contributed by atoms with E-state index in [2.05, 4.69) is 4.99 Å². The highest BCUT2D eigenvalue weighted by Crippen LogP contribution is 2.18. The summed E-state index contributed by atoms with van der Waals surface area (Å²) in [7, 11) is -3.75. The summed E-state index contributed by atoms with van der Waals surface area (Å²) in [5.74, 6) is -1.22. The highest BCUT2D eigenvalue weighted by atomic mass is 32.2. The van der Waals surface area contributed by atoms with Gasteiger partial charge in [0.15, 0.2) is 0 Å². The summed E-state index contributed by atoms with van der Waals surface area (Å²) in [6.45, 7) is -0.117. The predicted octanol–water partition coefficient (Wildman–Crippen LogP) is 0.688. The zero-order chi connectivity index (χ0) is 13.2. The Balaban J connectivity index is 2.39. The number of carboxylic acid groups (broad SMARTS) is 1. The zero-order valence-electron chi connectivity index (χ0n) is 9.22. The molecule has 1 aromatic carbocycles. The summed E-state index contributed by atoms with van der Waals surface area (Å²) >= 11 is 0. The lowest BCUT2D eigenvalue weighted by atomic mass is 10.3. The van der Waals surface area contributed by atoms with Crippen molar-refractivity contribution in [2.24, 2.45) is 4.99 Å². The molecule has 6 nitrogen and oxygen atoms in total. The van der Waals surface area contributed by atoms with E-state index in [1.807, 2.05) is 0 Å². The third-order valence-electron chi connectivity index (χ3n) is 2.33. The molecule has 0 saturated heterocycles. The number of carboxylic acids is 1. The molecule has 0 aromatic heterocycles. The van der Waals surface area contributed by atoms with Gasteiger partial charge in [0.25, 0.3) is 10.0 Å². The van der Waals surface area contributed by atoms with Crippen LogP contribution in [0.25, 0.3) is 0 Å². The van der Waals surface area contributed by atoms with E-state index in [9.17, 15) is 13.2 Å². The maximum atomic E-state index is 12.2. The van der Waals surface area contributed by atoms with Crippen LogP contribution in [0.1, 0.15) is 0 Å². The van der Waals surface area contributed by atoms with Gasteiger partial charge in [0.2, 0.25) is 0 Å². The van der Waals surface area contributed by atoms with Crippen molar-refractivity contribution in [3.05, 3.63) is 42.1 Å². The van der Waals surface area contributed by atoms with Crippen molar-refractivity contribution >= 4 is 22.2 Å². The van der Waals surface area contributed by atoms with E-state index in [0.717, 1.165) is 16.7 Å². The molecule has 1 aliphatic rings. The average molecular weight is 266 g/mol. The molecular formula is C11H10N2O4S. The molecule has 0 amide bonds. The van der Waals surface area contributed by atoms with Crippen LogP contribution in [0.2, 0.25) is 0 Å². The van der Waals surface area contributed by atoms with Gasteiger partial charge in [-0.15, -0.1) is 0 Å². The minimum atomic E-state index is -3.75. The number of sulfonamides is 1. The van der Waals surface area contributed by atoms with Crippen LogP contribution in [0.3, 0.4) is 0 Å². The lowest BCUT2D eigenvalue weighted by molar-refractivity contribution is -0.132. The molecule has 94 valence electrons. The van der Waals surface area contributed by atoms with Gasteiger partial charge < -0.3 is 5.11 Å². The molecule has 1 aromatic rings. The fourth-order valence-electron chi connectivity index (χ4n) is 1.43. The molecule has 1 N–H and O–H groups in total. The van der Waals surface area contributed by atoms with Crippen LogP contribution < -0.4 is 0 Å². The molecule has 1 heterocycles. The summed E-state index contributed by atoms with van der Waals surface area (Å²) in [5.41, 5.74) is -0.166. The Hall–Kier alpha value is -2.15. The lowest BCUT2D eigenvalue weighted by Crippen LogP contribution is -2.30. The van der Waals surface area contributed by atoms with Crippen LogP contribution in [0.5, 0.6) is 0 Å². The van der Waals surface area contributed by atoms with Crippen LogP contribution in [-0.2, 0) is 14.8 Å². The van der Waals surface area contributed by atoms with Crippen molar-refractivity contribution in [1.29, 1.82) is 0 Å². The second-order valence-corrected chi connectivity index (χ2v) is 5.44. The molecule has 0 spiro atoms. The molecule has 0 aliphatic carbocycles. The Kier molecular flexibility index (Phi) is 3.15. The van der Waals surface area contributed by atoms with Crippen molar-refractivity contribution in [1.82, 2.24) is 4.31 Å². The van der Waals surface area contributed by atoms with Crippen LogP contribution >= 0.6 is 0 Å². The first-order valence-electron chi connectivity index (χ1n) is 5.03. The summed E-state index contributed by atoms with van der Waals surface area (Å²) in [6, 6.07) is 7.79. The van der Waals surface area contributed by atoms with E-state index in [0.29, 0.717) is 0 Å². The van der Waals surface area contributed by atoms with E-state index in [-0.39, 0.29) is 17.1 Å². The fraction of sp³-hybridized carbons (Fsp3) is 0.0909. The van der Waals surface area contributed by atoms with Crippen molar-refractivity contribution in [2.75, 3.05) is 6.67 Å². The molecule has 1 aliphatic heterocycles. The van der Waals surface area contributed by atoms with Gasteiger partial charge in [-0.05, 0) is 12.1 Å². The first kappa shape index (κ1) is 12.3. The number of aliphatic imine (C=N–C) groups is 1. The smallest absolute Gasteiger partial charge is 0.338 e. The van der Waals surface area contributed by atoms with Crippen molar-refractivity contribution in [3.8, 4) is 0 Å². The van der Waals surface area contributed by atoms with Crippen molar-refractivity contribution < 1.29 is 18.3 Å². The van der Waals surface area contributed by atoms with E-state index < -0.39 is 16.0 Å². The normalized spacial score (nSPS) is 15.3. The second kappa shape index (κ2) is 4.61. The van der Waals surface area contributed by atoms with Gasteiger partial charge >= 0.3 is 5.97 Å². The Morgan fingerprint density at radius 3 is 2.56 bits per heavy atom. The van der Waals surface area contributed by atoms with Gasteiger partial charge in [0.05, 0.1) is 10.5 Å². The molecule has 0 atom stereocenters. The molecule has 0 bridgehead atoms. The summed E-state index contributed by atoms with van der Waals surface area (Å²) in [6.07, 6.45) is 2.21. The topological polar surface area (TPSA) is 87.0 Å². The molecule has 7 heteroatoms. The number of carbonyl (C=O) groups is 1. The fourth-order valence-corrected chi connectivity index (χ4v) is 2.68. The standard InChI is InChI=1S/C11H10N2O4S/c14-11(15)9-6-12-8-13(7-9)18(16,17)10-4-2-1-3-5-10/h1-7H,8H2,(H,14,15). The van der Waals surface area contributed by atoms with E-state index in [1.165, 1.54) is 12.1 Å². The van der Waals surface area contributed by atoms with Gasteiger partial charge in [-0.3, -0.25) is 9.30 Å². The molecule has 0 saturated carbocycles. The summed E-state index contributed by atoms with van der Waals surface area (Å²) < 4.78 is 25.2. The van der Waals surface area contributed by atoms with Crippen LogP contribution in [0.15, 0.2) is 52.0 Å². The highest BCUT2D eigenvalue weighted by molar-refractivity contribution is 7.89. The number of hydrogen-bond acceptors (Lipinski definition) is 4. The number of benzene rings is 1. The third-order valence-corrected chi connectivity index (χ3v) is 4.04. The summed E-state index contributed by atoms with van der Waals surface area (Å²) in [4.78, 5) is 14.6. The molecular weight excluding hydrogens is 256 g/mol. The molecule has 18 heavy (non-hydrogen) atoms. The first-order chi connectivity index (χ1) is 8.51. The van der Waals surface area contributed by atoms with Crippen LogP contribution in [-0.4, -0.2) is 36.7 Å². The monoisotopic (exact) mass is 266 g/mol. The largest absolute Gasteiger partial charge is 0.478 e. The van der Waals surface area contributed by atoms with Crippen LogP contribution in [0, 0.1) is 0 Å². The Labute approximate surface area is 104 Å². The second-order valence-electron chi connectivity index (χ2n) is 3.55. The molecule has 0 unspecified atom stereocenters. The summed E-state index contributed by atoms with van der Waals surface area (Å²) in [5, 5.41) is 8.81. The van der Waals surface area contributed by atoms with Gasteiger partial charge in [-0.25, -0.2) is 13.2 Å².